The van der Waals surface area contributed by atoms with Gasteiger partial charge in [-0.15, -0.1) is 0 Å². The summed E-state index contributed by atoms with van der Waals surface area (Å²) in [6, 6.07) is 4.30. The Balaban J connectivity index is 2.61. The Hall–Kier alpha value is -1.35. The van der Waals surface area contributed by atoms with E-state index in [2.05, 4.69) is 38.2 Å². The first-order valence-corrected chi connectivity index (χ1v) is 6.47. The van der Waals surface area contributed by atoms with Crippen LogP contribution < -0.4 is 11.1 Å². The molecule has 0 aliphatic carbocycles. The Kier molecular flexibility index (Phi) is 5.35. The molecule has 0 spiro atoms. The summed E-state index contributed by atoms with van der Waals surface area (Å²) in [4.78, 5) is 11.7. The zero-order valence-electron chi connectivity index (χ0n) is 11.8. The van der Waals surface area contributed by atoms with Crippen molar-refractivity contribution in [3.8, 4) is 0 Å². The van der Waals surface area contributed by atoms with Crippen LogP contribution in [0.1, 0.15) is 35.6 Å². The van der Waals surface area contributed by atoms with Crippen LogP contribution in [0.2, 0.25) is 0 Å². The number of aryl methyl sites for hydroxylation is 3. The Morgan fingerprint density at radius 1 is 1.28 bits per heavy atom. The summed E-state index contributed by atoms with van der Waals surface area (Å²) in [6.07, 6.45) is 0.500. The van der Waals surface area contributed by atoms with E-state index in [1.807, 2.05) is 6.92 Å². The number of carbonyl (C=O) groups excluding carboxylic acids is 1. The van der Waals surface area contributed by atoms with Crippen LogP contribution in [-0.2, 0) is 11.3 Å². The Morgan fingerprint density at radius 2 is 1.83 bits per heavy atom. The summed E-state index contributed by atoms with van der Waals surface area (Å²) < 4.78 is 0. The summed E-state index contributed by atoms with van der Waals surface area (Å²) in [6.45, 7) is 9.41. The lowest BCUT2D eigenvalue weighted by Crippen LogP contribution is -2.27. The first kappa shape index (κ1) is 14.7. The zero-order chi connectivity index (χ0) is 13.7. The Morgan fingerprint density at radius 3 is 2.33 bits per heavy atom. The fourth-order valence-electron chi connectivity index (χ4n) is 2.15. The summed E-state index contributed by atoms with van der Waals surface area (Å²) in [5, 5.41) is 2.97. The van der Waals surface area contributed by atoms with Crippen LogP contribution in [0.3, 0.4) is 0 Å². The van der Waals surface area contributed by atoms with E-state index in [4.69, 9.17) is 5.73 Å². The molecule has 0 aliphatic rings. The number of nitrogens with two attached hydrogens (primary N) is 1. The molecule has 0 aromatic heterocycles. The molecular weight excluding hydrogens is 224 g/mol. The summed E-state index contributed by atoms with van der Waals surface area (Å²) in [5.74, 6) is 0.317. The molecule has 1 amide bonds. The number of hydrogen-bond acceptors (Lipinski definition) is 2. The lowest BCUT2D eigenvalue weighted by Gasteiger charge is -2.13. The van der Waals surface area contributed by atoms with E-state index < -0.39 is 0 Å². The number of carbonyl (C=O) groups is 1. The van der Waals surface area contributed by atoms with Crippen molar-refractivity contribution in [3.63, 3.8) is 0 Å². The van der Waals surface area contributed by atoms with Crippen molar-refractivity contribution >= 4 is 5.91 Å². The standard InChI is InChI=1S/C15H24N2O/c1-10-5-12(3)14(13(4)6-10)9-17-15(18)7-11(2)8-16/h5-6,11H,7-9,16H2,1-4H3,(H,17,18). The maximum absolute atomic E-state index is 11.7. The predicted molar refractivity (Wildman–Crippen MR) is 75.3 cm³/mol. The van der Waals surface area contributed by atoms with Crippen LogP contribution in [0.5, 0.6) is 0 Å². The number of nitrogens with one attached hydrogen (secondary N) is 1. The molecule has 3 N–H and O–H groups in total. The lowest BCUT2D eigenvalue weighted by molar-refractivity contribution is -0.122. The van der Waals surface area contributed by atoms with Gasteiger partial charge in [0.1, 0.15) is 0 Å². The Labute approximate surface area is 110 Å². The highest BCUT2D eigenvalue weighted by molar-refractivity contribution is 5.76. The van der Waals surface area contributed by atoms with E-state index in [0.717, 1.165) is 0 Å². The van der Waals surface area contributed by atoms with E-state index in [1.165, 1.54) is 22.3 Å². The molecular formula is C15H24N2O. The molecule has 3 heteroatoms. The first-order chi connectivity index (χ1) is 8.43. The molecule has 1 aromatic carbocycles. The molecule has 0 heterocycles. The largest absolute Gasteiger partial charge is 0.352 e. The maximum atomic E-state index is 11.7. The molecule has 1 atom stereocenters. The molecule has 18 heavy (non-hydrogen) atoms. The van der Waals surface area contributed by atoms with Crippen molar-refractivity contribution in [2.75, 3.05) is 6.54 Å². The quantitative estimate of drug-likeness (QED) is 0.839. The van der Waals surface area contributed by atoms with Gasteiger partial charge in [-0.2, -0.15) is 0 Å². The monoisotopic (exact) mass is 248 g/mol. The average Bonchev–Trinajstić information content (AvgIpc) is 2.27. The Bertz CT molecular complexity index is 403. The normalized spacial score (nSPS) is 12.3. The maximum Gasteiger partial charge on any atom is 0.220 e. The van der Waals surface area contributed by atoms with Crippen molar-refractivity contribution in [1.29, 1.82) is 0 Å². The van der Waals surface area contributed by atoms with Gasteiger partial charge in [-0.25, -0.2) is 0 Å². The van der Waals surface area contributed by atoms with Crippen LogP contribution in [0, 0.1) is 26.7 Å². The molecule has 3 nitrogen and oxygen atoms in total. The molecule has 1 unspecified atom stereocenters. The minimum atomic E-state index is 0.0762. The van der Waals surface area contributed by atoms with E-state index in [-0.39, 0.29) is 11.8 Å². The third kappa shape index (κ3) is 4.15. The minimum Gasteiger partial charge on any atom is -0.352 e. The van der Waals surface area contributed by atoms with Gasteiger partial charge in [0, 0.05) is 13.0 Å². The second-order valence-corrected chi connectivity index (χ2v) is 5.20. The highest BCUT2D eigenvalue weighted by Gasteiger charge is 2.09. The fourth-order valence-corrected chi connectivity index (χ4v) is 2.15. The third-order valence-corrected chi connectivity index (χ3v) is 3.24. The molecule has 0 aliphatic heterocycles. The summed E-state index contributed by atoms with van der Waals surface area (Å²) in [5.41, 5.74) is 10.5. The molecule has 0 radical (unpaired) electrons. The molecule has 100 valence electrons. The smallest absolute Gasteiger partial charge is 0.220 e. The number of hydrogen-bond donors (Lipinski definition) is 2. The molecule has 0 saturated carbocycles. The van der Waals surface area contributed by atoms with Crippen LogP contribution >= 0.6 is 0 Å². The number of benzene rings is 1. The average molecular weight is 248 g/mol. The van der Waals surface area contributed by atoms with Gasteiger partial charge in [-0.05, 0) is 49.9 Å². The predicted octanol–water partition coefficient (Wildman–Crippen LogP) is 2.21. The van der Waals surface area contributed by atoms with Crippen molar-refractivity contribution < 1.29 is 4.79 Å². The molecule has 0 saturated heterocycles. The van der Waals surface area contributed by atoms with Gasteiger partial charge in [0.05, 0.1) is 0 Å². The summed E-state index contributed by atoms with van der Waals surface area (Å²) in [7, 11) is 0. The highest BCUT2D eigenvalue weighted by Crippen LogP contribution is 2.16. The van der Waals surface area contributed by atoms with Crippen molar-refractivity contribution in [2.24, 2.45) is 11.7 Å². The highest BCUT2D eigenvalue weighted by atomic mass is 16.1. The second-order valence-electron chi connectivity index (χ2n) is 5.20. The second kappa shape index (κ2) is 6.55. The van der Waals surface area contributed by atoms with Gasteiger partial charge in [0.2, 0.25) is 5.91 Å². The topological polar surface area (TPSA) is 55.1 Å². The van der Waals surface area contributed by atoms with Gasteiger partial charge in [-0.1, -0.05) is 24.6 Å². The first-order valence-electron chi connectivity index (χ1n) is 6.47. The third-order valence-electron chi connectivity index (χ3n) is 3.24. The van der Waals surface area contributed by atoms with Gasteiger partial charge in [-0.3, -0.25) is 4.79 Å². The fraction of sp³-hybridized carbons (Fsp3) is 0.533. The van der Waals surface area contributed by atoms with Gasteiger partial charge < -0.3 is 11.1 Å². The van der Waals surface area contributed by atoms with Crippen LogP contribution in [0.25, 0.3) is 0 Å². The minimum absolute atomic E-state index is 0.0762. The lowest BCUT2D eigenvalue weighted by atomic mass is 9.99. The number of amides is 1. The van der Waals surface area contributed by atoms with Crippen LogP contribution in [0.4, 0.5) is 0 Å². The van der Waals surface area contributed by atoms with Gasteiger partial charge in [0.15, 0.2) is 0 Å². The zero-order valence-corrected chi connectivity index (χ0v) is 11.8. The SMILES string of the molecule is Cc1cc(C)c(CNC(=O)CC(C)CN)c(C)c1. The summed E-state index contributed by atoms with van der Waals surface area (Å²) >= 11 is 0. The van der Waals surface area contributed by atoms with Crippen molar-refractivity contribution in [1.82, 2.24) is 5.32 Å². The van der Waals surface area contributed by atoms with Crippen LogP contribution in [-0.4, -0.2) is 12.5 Å². The van der Waals surface area contributed by atoms with E-state index >= 15 is 0 Å². The molecule has 1 rings (SSSR count). The van der Waals surface area contributed by atoms with Gasteiger partial charge in [0.25, 0.3) is 0 Å². The van der Waals surface area contributed by atoms with Crippen molar-refractivity contribution in [2.45, 2.75) is 40.7 Å². The van der Waals surface area contributed by atoms with E-state index in [0.29, 0.717) is 19.5 Å². The van der Waals surface area contributed by atoms with Gasteiger partial charge >= 0.3 is 0 Å². The van der Waals surface area contributed by atoms with E-state index in [1.54, 1.807) is 0 Å². The molecule has 0 bridgehead atoms. The van der Waals surface area contributed by atoms with Crippen LogP contribution in [0.15, 0.2) is 12.1 Å². The van der Waals surface area contributed by atoms with E-state index in [9.17, 15) is 4.79 Å². The number of rotatable bonds is 5. The molecule has 0 fully saturated rings. The van der Waals surface area contributed by atoms with Crippen molar-refractivity contribution in [3.05, 3.63) is 34.4 Å². The molecule has 1 aromatic rings.